The van der Waals surface area contributed by atoms with Gasteiger partial charge in [0.25, 0.3) is 0 Å². The molecule has 0 bridgehead atoms. The van der Waals surface area contributed by atoms with Crippen LogP contribution in [0.15, 0.2) is 59.8 Å². The summed E-state index contributed by atoms with van der Waals surface area (Å²) in [5.74, 6) is 0.133. The highest BCUT2D eigenvalue weighted by atomic mass is 35.5. The van der Waals surface area contributed by atoms with Crippen molar-refractivity contribution in [3.05, 3.63) is 65.2 Å². The molecular weight excluding hydrogens is 436 g/mol. The Morgan fingerprint density at radius 1 is 1.19 bits per heavy atom. The number of aromatic nitrogens is 4. The number of carbonyl (C=O) groups is 1. The lowest BCUT2D eigenvalue weighted by atomic mass is 10.2. The lowest BCUT2D eigenvalue weighted by Crippen LogP contribution is -2.47. The maximum Gasteiger partial charge on any atom is 0.230 e. The monoisotopic (exact) mass is 458 g/mol. The molecule has 1 saturated heterocycles. The molecule has 1 aliphatic rings. The van der Waals surface area contributed by atoms with Gasteiger partial charge in [0.2, 0.25) is 11.1 Å². The predicted molar refractivity (Wildman–Crippen MR) is 119 cm³/mol. The maximum atomic E-state index is 12.3. The Bertz CT molecular complexity index is 985. The number of benzene rings is 2. The first-order valence-corrected chi connectivity index (χ1v) is 11.4. The van der Waals surface area contributed by atoms with Gasteiger partial charge in [0.05, 0.1) is 24.2 Å². The topological polar surface area (TPSA) is 85.2 Å². The van der Waals surface area contributed by atoms with Gasteiger partial charge in [-0.05, 0) is 40.3 Å². The Kier molecular flexibility index (Phi) is 7.52. The van der Waals surface area contributed by atoms with Gasteiger partial charge in [0, 0.05) is 31.2 Å². The molecule has 1 aromatic heterocycles. The second kappa shape index (κ2) is 10.7. The van der Waals surface area contributed by atoms with Crippen LogP contribution in [0.2, 0.25) is 5.02 Å². The summed E-state index contributed by atoms with van der Waals surface area (Å²) < 4.78 is 7.41. The summed E-state index contributed by atoms with van der Waals surface area (Å²) in [5.41, 5.74) is 2.06. The van der Waals surface area contributed by atoms with Crippen molar-refractivity contribution >= 4 is 29.3 Å². The van der Waals surface area contributed by atoms with Crippen LogP contribution < -0.4 is 5.32 Å². The number of morpholine rings is 1. The fourth-order valence-electron chi connectivity index (χ4n) is 3.31. The predicted octanol–water partition coefficient (Wildman–Crippen LogP) is 2.43. The van der Waals surface area contributed by atoms with Gasteiger partial charge < -0.3 is 10.1 Å². The second-order valence-corrected chi connectivity index (χ2v) is 8.53. The van der Waals surface area contributed by atoms with Gasteiger partial charge >= 0.3 is 0 Å². The van der Waals surface area contributed by atoms with Crippen molar-refractivity contribution in [1.82, 2.24) is 30.4 Å². The zero-order valence-corrected chi connectivity index (χ0v) is 18.4. The minimum Gasteiger partial charge on any atom is -0.374 e. The number of thioether (sulfide) groups is 1. The average molecular weight is 459 g/mol. The van der Waals surface area contributed by atoms with E-state index in [1.807, 2.05) is 18.2 Å². The number of ether oxygens (including phenoxy) is 1. The normalized spacial score (nSPS) is 16.9. The highest BCUT2D eigenvalue weighted by Crippen LogP contribution is 2.19. The minimum atomic E-state index is -0.0839. The van der Waals surface area contributed by atoms with Crippen molar-refractivity contribution in [1.29, 1.82) is 0 Å². The van der Waals surface area contributed by atoms with E-state index < -0.39 is 0 Å². The second-order valence-electron chi connectivity index (χ2n) is 7.16. The quantitative estimate of drug-likeness (QED) is 0.519. The molecule has 1 atom stereocenters. The minimum absolute atomic E-state index is 0.0224. The lowest BCUT2D eigenvalue weighted by molar-refractivity contribution is -0.119. The Morgan fingerprint density at radius 2 is 2.00 bits per heavy atom. The van der Waals surface area contributed by atoms with Crippen LogP contribution in [0, 0.1) is 0 Å². The van der Waals surface area contributed by atoms with E-state index in [1.54, 1.807) is 16.8 Å². The number of tetrazole rings is 1. The van der Waals surface area contributed by atoms with Crippen LogP contribution in [0.3, 0.4) is 0 Å². The summed E-state index contributed by atoms with van der Waals surface area (Å²) >= 11 is 7.21. The molecular formula is C21H23ClN6O2S. The van der Waals surface area contributed by atoms with E-state index in [-0.39, 0.29) is 17.8 Å². The van der Waals surface area contributed by atoms with Crippen LogP contribution in [0.25, 0.3) is 5.69 Å². The van der Waals surface area contributed by atoms with Gasteiger partial charge in [-0.1, -0.05) is 53.7 Å². The number of nitrogens with zero attached hydrogens (tertiary/aromatic N) is 5. The largest absolute Gasteiger partial charge is 0.374 e. The highest BCUT2D eigenvalue weighted by Gasteiger charge is 2.21. The molecule has 2 aromatic carbocycles. The Labute approximate surface area is 189 Å². The molecule has 0 aliphatic carbocycles. The molecule has 0 saturated carbocycles. The Morgan fingerprint density at radius 3 is 2.81 bits per heavy atom. The first kappa shape index (κ1) is 21.8. The van der Waals surface area contributed by atoms with Crippen molar-refractivity contribution in [2.75, 3.05) is 32.0 Å². The van der Waals surface area contributed by atoms with Gasteiger partial charge in [-0.25, -0.2) is 0 Å². The molecule has 8 nitrogen and oxygen atoms in total. The summed E-state index contributed by atoms with van der Waals surface area (Å²) in [6.45, 7) is 3.71. The summed E-state index contributed by atoms with van der Waals surface area (Å²) in [5, 5.41) is 15.8. The third kappa shape index (κ3) is 6.27. The van der Waals surface area contributed by atoms with Crippen LogP contribution >= 0.6 is 23.4 Å². The standard InChI is InChI=1S/C21H23ClN6O2S/c22-17-6-8-18(9-7-17)28-21(24-25-26-28)31-15-20(29)23-12-19-14-27(10-11-30-19)13-16-4-2-1-3-5-16/h1-9,19H,10-15H2,(H,23,29). The van der Waals surface area contributed by atoms with Crippen molar-refractivity contribution in [2.45, 2.75) is 17.8 Å². The fraction of sp³-hybridized carbons (Fsp3) is 0.333. The number of nitrogens with one attached hydrogen (secondary N) is 1. The number of halogens is 1. The van der Waals surface area contributed by atoms with Crippen molar-refractivity contribution in [2.24, 2.45) is 0 Å². The summed E-state index contributed by atoms with van der Waals surface area (Å²) in [6, 6.07) is 17.6. The van der Waals surface area contributed by atoms with Crippen LogP contribution in [0.1, 0.15) is 5.56 Å². The number of carbonyl (C=O) groups excluding carboxylic acids is 1. The van der Waals surface area contributed by atoms with Crippen molar-refractivity contribution < 1.29 is 9.53 Å². The molecule has 4 rings (SSSR count). The van der Waals surface area contributed by atoms with Gasteiger partial charge in [-0.15, -0.1) is 5.10 Å². The number of amides is 1. The first-order chi connectivity index (χ1) is 15.2. The Balaban J connectivity index is 1.23. The third-order valence-corrected chi connectivity index (χ3v) is 6.01. The zero-order valence-electron chi connectivity index (χ0n) is 16.9. The zero-order chi connectivity index (χ0) is 21.5. The van der Waals surface area contributed by atoms with Gasteiger partial charge in [-0.3, -0.25) is 9.69 Å². The third-order valence-electron chi connectivity index (χ3n) is 4.84. The number of rotatable bonds is 8. The van der Waals surface area contributed by atoms with Crippen molar-refractivity contribution in [3.63, 3.8) is 0 Å². The lowest BCUT2D eigenvalue weighted by Gasteiger charge is -2.33. The van der Waals surface area contributed by atoms with E-state index in [4.69, 9.17) is 16.3 Å². The molecule has 31 heavy (non-hydrogen) atoms. The fourth-order valence-corrected chi connectivity index (χ4v) is 4.16. The summed E-state index contributed by atoms with van der Waals surface area (Å²) in [6.07, 6.45) is -0.0224. The van der Waals surface area contributed by atoms with Gasteiger partial charge in [0.1, 0.15) is 0 Å². The molecule has 1 N–H and O–H groups in total. The van der Waals surface area contributed by atoms with Gasteiger partial charge in [0.15, 0.2) is 0 Å². The maximum absolute atomic E-state index is 12.3. The smallest absolute Gasteiger partial charge is 0.230 e. The van der Waals surface area contributed by atoms with E-state index >= 15 is 0 Å². The van der Waals surface area contributed by atoms with E-state index in [1.165, 1.54) is 17.3 Å². The van der Waals surface area contributed by atoms with Crippen LogP contribution in [-0.4, -0.2) is 69.1 Å². The SMILES string of the molecule is O=C(CSc1nnnn1-c1ccc(Cl)cc1)NCC1CN(Cc2ccccc2)CCO1. The number of hydrogen-bond acceptors (Lipinski definition) is 7. The molecule has 1 fully saturated rings. The van der Waals surface area contributed by atoms with E-state index in [0.29, 0.717) is 23.3 Å². The van der Waals surface area contributed by atoms with Crippen LogP contribution in [-0.2, 0) is 16.1 Å². The molecule has 162 valence electrons. The molecule has 0 radical (unpaired) electrons. The van der Waals surface area contributed by atoms with Crippen molar-refractivity contribution in [3.8, 4) is 5.69 Å². The van der Waals surface area contributed by atoms with E-state index in [0.717, 1.165) is 25.3 Å². The molecule has 1 amide bonds. The van der Waals surface area contributed by atoms with E-state index in [9.17, 15) is 4.79 Å². The summed E-state index contributed by atoms with van der Waals surface area (Å²) in [7, 11) is 0. The average Bonchev–Trinajstić information content (AvgIpc) is 3.26. The Hall–Kier alpha value is -2.46. The molecule has 1 aliphatic heterocycles. The molecule has 10 heteroatoms. The molecule has 2 heterocycles. The van der Waals surface area contributed by atoms with Crippen LogP contribution in [0.5, 0.6) is 0 Å². The van der Waals surface area contributed by atoms with Gasteiger partial charge in [-0.2, -0.15) is 4.68 Å². The summed E-state index contributed by atoms with van der Waals surface area (Å²) in [4.78, 5) is 14.7. The molecule has 0 spiro atoms. The van der Waals surface area contributed by atoms with Crippen LogP contribution in [0.4, 0.5) is 0 Å². The van der Waals surface area contributed by atoms with E-state index in [2.05, 4.69) is 50.0 Å². The molecule has 3 aromatic rings. The molecule has 1 unspecified atom stereocenters. The highest BCUT2D eigenvalue weighted by molar-refractivity contribution is 7.99. The first-order valence-electron chi connectivity index (χ1n) is 9.99. The number of hydrogen-bond donors (Lipinski definition) is 1.